The van der Waals surface area contributed by atoms with E-state index in [1.165, 1.54) is 0 Å². The highest BCUT2D eigenvalue weighted by Crippen LogP contribution is 2.18. The molecule has 0 aromatic rings. The predicted molar refractivity (Wildman–Crippen MR) is 20.0 cm³/mol. The molecular weight excluding hydrogens is 64.0 g/mol. The van der Waals surface area contributed by atoms with Crippen LogP contribution < -0.4 is 0 Å². The van der Waals surface area contributed by atoms with Gasteiger partial charge in [0.1, 0.15) is 0 Å². The summed E-state index contributed by atoms with van der Waals surface area (Å²) in [4.78, 5) is 0. The van der Waals surface area contributed by atoms with Crippen molar-refractivity contribution in [3.05, 3.63) is 0 Å². The third kappa shape index (κ3) is 0.428. The molecule has 0 amide bonds. The zero-order chi connectivity index (χ0) is 3.86. The Morgan fingerprint density at radius 1 is 1.20 bits per heavy atom. The van der Waals surface area contributed by atoms with Crippen LogP contribution in [-0.4, -0.2) is 12.2 Å². The summed E-state index contributed by atoms with van der Waals surface area (Å²) >= 11 is 0. The number of rotatable bonds is 0. The standard InChI is InChI=1S/C4H8O/c1-3-4(2)5-3/h3-4H,1-2H3/t3-,4-/m1/s1. The monoisotopic (exact) mass is 72.1 g/mol. The lowest BCUT2D eigenvalue weighted by Gasteiger charge is -1.57. The Labute approximate surface area is 31.9 Å². The van der Waals surface area contributed by atoms with Crippen LogP contribution in [0.25, 0.3) is 0 Å². The summed E-state index contributed by atoms with van der Waals surface area (Å²) in [5.41, 5.74) is 0. The lowest BCUT2D eigenvalue weighted by atomic mass is 10.4. The van der Waals surface area contributed by atoms with Crippen LogP contribution >= 0.6 is 0 Å². The molecule has 1 aliphatic rings. The van der Waals surface area contributed by atoms with E-state index in [1.54, 1.807) is 0 Å². The average molecular weight is 72.1 g/mol. The van der Waals surface area contributed by atoms with E-state index in [0.29, 0.717) is 12.2 Å². The summed E-state index contributed by atoms with van der Waals surface area (Å²) in [5.74, 6) is 0. The molecule has 1 aliphatic heterocycles. The summed E-state index contributed by atoms with van der Waals surface area (Å²) in [6.07, 6.45) is 1.10. The molecule has 0 N–H and O–H groups in total. The molecule has 1 fully saturated rings. The SMILES string of the molecule is C[C@H]1O[C@@H]1C. The Bertz CT molecular complexity index is 36.9. The van der Waals surface area contributed by atoms with Crippen LogP contribution in [-0.2, 0) is 4.74 Å². The maximum atomic E-state index is 4.92. The molecule has 0 aliphatic carbocycles. The molecule has 1 saturated heterocycles. The normalized spacial score (nSPS) is 49.2. The van der Waals surface area contributed by atoms with Crippen molar-refractivity contribution in [3.8, 4) is 0 Å². The van der Waals surface area contributed by atoms with E-state index in [0.717, 1.165) is 0 Å². The van der Waals surface area contributed by atoms with Gasteiger partial charge in [-0.2, -0.15) is 0 Å². The van der Waals surface area contributed by atoms with E-state index < -0.39 is 0 Å². The second-order valence-corrected chi connectivity index (χ2v) is 1.55. The van der Waals surface area contributed by atoms with Crippen molar-refractivity contribution in [1.82, 2.24) is 0 Å². The molecule has 5 heavy (non-hydrogen) atoms. The van der Waals surface area contributed by atoms with E-state index in [-0.39, 0.29) is 0 Å². The second kappa shape index (κ2) is 0.716. The quantitative estimate of drug-likeness (QED) is 0.385. The van der Waals surface area contributed by atoms with Gasteiger partial charge in [-0.3, -0.25) is 0 Å². The van der Waals surface area contributed by atoms with Gasteiger partial charge in [-0.1, -0.05) is 0 Å². The first-order chi connectivity index (χ1) is 2.30. The van der Waals surface area contributed by atoms with Crippen LogP contribution in [0.15, 0.2) is 0 Å². The first-order valence-corrected chi connectivity index (χ1v) is 1.96. The molecule has 2 atom stereocenters. The smallest absolute Gasteiger partial charge is 0.0811 e. The van der Waals surface area contributed by atoms with Gasteiger partial charge in [0.25, 0.3) is 0 Å². The summed E-state index contributed by atoms with van der Waals surface area (Å²) < 4.78 is 4.92. The van der Waals surface area contributed by atoms with Crippen molar-refractivity contribution in [2.24, 2.45) is 0 Å². The largest absolute Gasteiger partial charge is 0.370 e. The summed E-state index contributed by atoms with van der Waals surface area (Å²) in [6, 6.07) is 0. The van der Waals surface area contributed by atoms with Crippen LogP contribution in [0.5, 0.6) is 0 Å². The zero-order valence-corrected chi connectivity index (χ0v) is 3.56. The fraction of sp³-hybridized carbons (Fsp3) is 1.00. The van der Waals surface area contributed by atoms with Crippen molar-refractivity contribution in [2.75, 3.05) is 0 Å². The second-order valence-electron chi connectivity index (χ2n) is 1.55. The van der Waals surface area contributed by atoms with Crippen molar-refractivity contribution in [1.29, 1.82) is 0 Å². The van der Waals surface area contributed by atoms with Gasteiger partial charge >= 0.3 is 0 Å². The fourth-order valence-corrected chi connectivity index (χ4v) is 0.293. The van der Waals surface area contributed by atoms with E-state index in [2.05, 4.69) is 13.8 Å². The number of ether oxygens (including phenoxy) is 1. The Hall–Kier alpha value is -0.0400. The number of hydrogen-bond acceptors (Lipinski definition) is 1. The third-order valence-electron chi connectivity index (χ3n) is 1.01. The molecule has 1 rings (SSSR count). The van der Waals surface area contributed by atoms with Crippen LogP contribution in [0.2, 0.25) is 0 Å². The maximum Gasteiger partial charge on any atom is 0.0811 e. The van der Waals surface area contributed by atoms with Crippen molar-refractivity contribution in [2.45, 2.75) is 26.1 Å². The minimum absolute atomic E-state index is 0.551. The Morgan fingerprint density at radius 2 is 1.40 bits per heavy atom. The highest BCUT2D eigenvalue weighted by Gasteiger charge is 2.27. The van der Waals surface area contributed by atoms with Crippen molar-refractivity contribution < 1.29 is 4.74 Å². The fourth-order valence-electron chi connectivity index (χ4n) is 0.293. The topological polar surface area (TPSA) is 12.5 Å². The molecule has 1 heterocycles. The predicted octanol–water partition coefficient (Wildman–Crippen LogP) is 0.794. The van der Waals surface area contributed by atoms with Gasteiger partial charge in [0.15, 0.2) is 0 Å². The molecule has 0 saturated carbocycles. The van der Waals surface area contributed by atoms with Crippen molar-refractivity contribution in [3.63, 3.8) is 0 Å². The molecule has 0 aromatic carbocycles. The summed E-state index contributed by atoms with van der Waals surface area (Å²) in [6.45, 7) is 4.15. The van der Waals surface area contributed by atoms with Gasteiger partial charge in [-0.25, -0.2) is 0 Å². The van der Waals surface area contributed by atoms with Gasteiger partial charge in [0.05, 0.1) is 12.2 Å². The number of hydrogen-bond donors (Lipinski definition) is 0. The van der Waals surface area contributed by atoms with Crippen molar-refractivity contribution >= 4 is 0 Å². The molecule has 0 bridgehead atoms. The van der Waals surface area contributed by atoms with Gasteiger partial charge in [-0.15, -0.1) is 0 Å². The highest BCUT2D eigenvalue weighted by atomic mass is 16.6. The van der Waals surface area contributed by atoms with Crippen LogP contribution in [0.1, 0.15) is 13.8 Å². The average Bonchev–Trinajstić information content (AvgIpc) is 1.79. The first-order valence-electron chi connectivity index (χ1n) is 1.96. The van der Waals surface area contributed by atoms with Crippen LogP contribution in [0, 0.1) is 0 Å². The first kappa shape index (κ1) is 3.16. The molecule has 0 radical (unpaired) electrons. The summed E-state index contributed by atoms with van der Waals surface area (Å²) in [5, 5.41) is 0. The van der Waals surface area contributed by atoms with Gasteiger partial charge < -0.3 is 4.74 Å². The molecule has 1 nitrogen and oxygen atoms in total. The molecule has 30 valence electrons. The molecule has 0 spiro atoms. The Morgan fingerprint density at radius 3 is 1.40 bits per heavy atom. The van der Waals surface area contributed by atoms with Gasteiger partial charge in [0, 0.05) is 0 Å². The van der Waals surface area contributed by atoms with E-state index in [4.69, 9.17) is 4.74 Å². The van der Waals surface area contributed by atoms with Gasteiger partial charge in [-0.05, 0) is 13.8 Å². The number of epoxide rings is 1. The lowest BCUT2D eigenvalue weighted by molar-refractivity contribution is 0.389. The lowest BCUT2D eigenvalue weighted by Crippen LogP contribution is -1.74. The molecule has 0 unspecified atom stereocenters. The molecule has 0 aromatic heterocycles. The van der Waals surface area contributed by atoms with Crippen LogP contribution in [0.4, 0.5) is 0 Å². The maximum absolute atomic E-state index is 4.92. The molecular formula is C4H8O. The zero-order valence-electron chi connectivity index (χ0n) is 3.56. The van der Waals surface area contributed by atoms with Gasteiger partial charge in [0.2, 0.25) is 0 Å². The minimum atomic E-state index is 0.551. The summed E-state index contributed by atoms with van der Waals surface area (Å²) in [7, 11) is 0. The molecule has 1 heteroatoms. The minimum Gasteiger partial charge on any atom is -0.370 e. The van der Waals surface area contributed by atoms with E-state index >= 15 is 0 Å². The third-order valence-corrected chi connectivity index (χ3v) is 1.01. The Balaban J connectivity index is 2.20. The van der Waals surface area contributed by atoms with E-state index in [9.17, 15) is 0 Å². The highest BCUT2D eigenvalue weighted by molar-refractivity contribution is 4.73. The van der Waals surface area contributed by atoms with E-state index in [1.807, 2.05) is 0 Å². The van der Waals surface area contributed by atoms with Crippen LogP contribution in [0.3, 0.4) is 0 Å². The Kier molecular flexibility index (Phi) is 0.453.